The molecule has 0 spiro atoms. The molecule has 32 heavy (non-hydrogen) atoms. The van der Waals surface area contributed by atoms with Crippen LogP contribution in [0.25, 0.3) is 0 Å². The molecule has 164 valence electrons. The number of halogens is 3. The Bertz CT molecular complexity index is 988. The van der Waals surface area contributed by atoms with Gasteiger partial charge in [-0.2, -0.15) is 11.6 Å². The molecular weight excluding hydrogens is 491 g/mol. The maximum atomic E-state index is 3.48. The van der Waals surface area contributed by atoms with Crippen LogP contribution in [0.4, 0.5) is 0 Å². The van der Waals surface area contributed by atoms with Crippen molar-refractivity contribution >= 4 is 0 Å². The van der Waals surface area contributed by atoms with Crippen molar-refractivity contribution in [2.45, 2.75) is 39.5 Å². The first-order chi connectivity index (χ1) is 13.5. The van der Waals surface area contributed by atoms with E-state index in [4.69, 9.17) is 0 Å². The van der Waals surface area contributed by atoms with E-state index in [2.05, 4.69) is 113 Å². The summed E-state index contributed by atoms with van der Waals surface area (Å²) in [5.41, 5.74) is 10.2. The SMILES string of the molecule is CC1=C(C(c2cccc(C)c2)(c2cccc(C)c2)c2cccc(C)c2)CC=[C-]1.[Cl-].[Cl-].[Cl-].[Ti+4]. The molecule has 0 fully saturated rings. The average Bonchev–Trinajstić information content (AvgIpc) is 3.09. The molecule has 0 N–H and O–H groups in total. The fourth-order valence-corrected chi connectivity index (χ4v) is 4.64. The Morgan fingerprint density at radius 1 is 0.625 bits per heavy atom. The third kappa shape index (κ3) is 5.61. The second-order valence-corrected chi connectivity index (χ2v) is 8.01. The molecule has 1 aliphatic rings. The fraction of sp³-hybridized carbons (Fsp3) is 0.214. The van der Waals surface area contributed by atoms with Gasteiger partial charge in [-0.25, -0.2) is 5.57 Å². The van der Waals surface area contributed by atoms with Crippen LogP contribution in [0.1, 0.15) is 46.7 Å². The second-order valence-electron chi connectivity index (χ2n) is 8.01. The molecule has 0 aromatic heterocycles. The van der Waals surface area contributed by atoms with E-state index in [1.807, 2.05) is 0 Å². The molecule has 3 aromatic carbocycles. The van der Waals surface area contributed by atoms with Crippen LogP contribution in [0.15, 0.2) is 90.0 Å². The van der Waals surface area contributed by atoms with Crippen molar-refractivity contribution in [2.75, 3.05) is 0 Å². The minimum absolute atomic E-state index is 0. The molecule has 0 saturated heterocycles. The number of hydrogen-bond acceptors (Lipinski definition) is 0. The van der Waals surface area contributed by atoms with Gasteiger partial charge in [0.05, 0.1) is 0 Å². The first-order valence-electron chi connectivity index (χ1n) is 10.0. The zero-order valence-electron chi connectivity index (χ0n) is 18.8. The van der Waals surface area contributed by atoms with E-state index < -0.39 is 0 Å². The van der Waals surface area contributed by atoms with Gasteiger partial charge in [0.1, 0.15) is 0 Å². The number of allylic oxidation sites excluding steroid dienone is 4. The molecule has 1 aliphatic carbocycles. The first-order valence-corrected chi connectivity index (χ1v) is 10.0. The number of aryl methyl sites for hydroxylation is 3. The Kier molecular flexibility index (Phi) is 12.3. The van der Waals surface area contributed by atoms with E-state index in [1.54, 1.807) is 0 Å². The fourth-order valence-electron chi connectivity index (χ4n) is 4.64. The molecule has 0 bridgehead atoms. The normalized spacial score (nSPS) is 12.2. The Balaban J connectivity index is 0.00000240. The average molecular weight is 518 g/mol. The zero-order valence-corrected chi connectivity index (χ0v) is 22.7. The van der Waals surface area contributed by atoms with E-state index in [9.17, 15) is 0 Å². The van der Waals surface area contributed by atoms with Crippen LogP contribution in [-0.2, 0) is 27.1 Å². The summed E-state index contributed by atoms with van der Waals surface area (Å²) in [6.07, 6.45) is 6.60. The van der Waals surface area contributed by atoms with Gasteiger partial charge < -0.3 is 37.2 Å². The van der Waals surface area contributed by atoms with Crippen LogP contribution in [-0.4, -0.2) is 0 Å². The van der Waals surface area contributed by atoms with Crippen molar-refractivity contribution in [1.29, 1.82) is 0 Å². The van der Waals surface area contributed by atoms with E-state index in [-0.39, 0.29) is 64.4 Å². The van der Waals surface area contributed by atoms with Gasteiger partial charge >= 0.3 is 21.7 Å². The van der Waals surface area contributed by atoms with Crippen LogP contribution >= 0.6 is 0 Å². The van der Waals surface area contributed by atoms with Gasteiger partial charge in [-0.1, -0.05) is 103 Å². The second kappa shape index (κ2) is 12.8. The van der Waals surface area contributed by atoms with Gasteiger partial charge in [-0.05, 0) is 37.5 Å². The molecule has 0 amide bonds. The van der Waals surface area contributed by atoms with Gasteiger partial charge in [-0.15, -0.1) is 0 Å². The smallest absolute Gasteiger partial charge is 1.00 e. The van der Waals surface area contributed by atoms with E-state index in [0.717, 1.165) is 6.42 Å². The predicted molar refractivity (Wildman–Crippen MR) is 119 cm³/mol. The van der Waals surface area contributed by atoms with E-state index in [0.29, 0.717) is 0 Å². The van der Waals surface area contributed by atoms with Gasteiger partial charge in [-0.3, -0.25) is 6.08 Å². The minimum Gasteiger partial charge on any atom is -1.00 e. The largest absolute Gasteiger partial charge is 4.00 e. The summed E-state index contributed by atoms with van der Waals surface area (Å²) < 4.78 is 0. The Morgan fingerprint density at radius 3 is 1.28 bits per heavy atom. The van der Waals surface area contributed by atoms with Crippen molar-refractivity contribution in [2.24, 2.45) is 0 Å². The van der Waals surface area contributed by atoms with Crippen molar-refractivity contribution < 1.29 is 58.9 Å². The van der Waals surface area contributed by atoms with Crippen LogP contribution in [0, 0.1) is 26.8 Å². The summed E-state index contributed by atoms with van der Waals surface area (Å²) in [5.74, 6) is 0. The van der Waals surface area contributed by atoms with Crippen LogP contribution in [0.3, 0.4) is 0 Å². The van der Waals surface area contributed by atoms with Crippen molar-refractivity contribution in [3.8, 4) is 0 Å². The maximum Gasteiger partial charge on any atom is 4.00 e. The van der Waals surface area contributed by atoms with Gasteiger partial charge in [0.15, 0.2) is 0 Å². The molecule has 4 rings (SSSR count). The quantitative estimate of drug-likeness (QED) is 0.214. The molecule has 0 atom stereocenters. The molecule has 0 unspecified atom stereocenters. The Labute approximate surface area is 226 Å². The summed E-state index contributed by atoms with van der Waals surface area (Å²) in [6.45, 7) is 8.75. The molecule has 4 heteroatoms. The monoisotopic (exact) mass is 516 g/mol. The standard InChI is InChI=1S/C28H27.3ClH.Ti/c1-20-9-5-13-24(17-20)28(27-16-8-12-23(27)4,25-14-6-10-21(2)18-25)26-15-7-11-22(3)19-26;;;;/h5-11,13-15,17-19H,16H2,1-4H3;3*1H;/q-1;;;;+4/p-3. The number of hydrogen-bond donors (Lipinski definition) is 0. The van der Waals surface area contributed by atoms with Crippen molar-refractivity contribution in [3.63, 3.8) is 0 Å². The summed E-state index contributed by atoms with van der Waals surface area (Å²) in [6, 6.07) is 27.0. The molecule has 3 aromatic rings. The molecule has 0 nitrogen and oxygen atoms in total. The summed E-state index contributed by atoms with van der Waals surface area (Å²) in [5, 5.41) is 0. The Morgan fingerprint density at radius 2 is 1.00 bits per heavy atom. The number of benzene rings is 3. The molecule has 0 saturated carbocycles. The molecule has 0 heterocycles. The van der Waals surface area contributed by atoms with Gasteiger partial charge in [0.2, 0.25) is 0 Å². The van der Waals surface area contributed by atoms with Crippen molar-refractivity contribution in [3.05, 3.63) is 129 Å². The summed E-state index contributed by atoms with van der Waals surface area (Å²) >= 11 is 0. The molecule has 0 radical (unpaired) electrons. The van der Waals surface area contributed by atoms with Gasteiger partial charge in [0.25, 0.3) is 0 Å². The van der Waals surface area contributed by atoms with Crippen molar-refractivity contribution in [1.82, 2.24) is 0 Å². The summed E-state index contributed by atoms with van der Waals surface area (Å²) in [7, 11) is 0. The third-order valence-electron chi connectivity index (χ3n) is 5.88. The summed E-state index contributed by atoms with van der Waals surface area (Å²) in [4.78, 5) is 0. The van der Waals surface area contributed by atoms with Crippen LogP contribution in [0.5, 0.6) is 0 Å². The maximum absolute atomic E-state index is 3.48. The van der Waals surface area contributed by atoms with Crippen LogP contribution < -0.4 is 37.2 Å². The topological polar surface area (TPSA) is 0 Å². The zero-order chi connectivity index (χ0) is 19.7. The molecule has 0 aliphatic heterocycles. The minimum atomic E-state index is -0.311. The van der Waals surface area contributed by atoms with Crippen LogP contribution in [0.2, 0.25) is 0 Å². The predicted octanol–water partition coefficient (Wildman–Crippen LogP) is -1.96. The Hall–Kier alpha value is -1.28. The first kappa shape index (κ1) is 30.7. The van der Waals surface area contributed by atoms with E-state index in [1.165, 1.54) is 44.5 Å². The molecular formula is C28H27Cl3Ti. The van der Waals surface area contributed by atoms with Gasteiger partial charge in [0, 0.05) is 5.41 Å². The number of rotatable bonds is 4. The van der Waals surface area contributed by atoms with E-state index >= 15 is 0 Å². The third-order valence-corrected chi connectivity index (χ3v) is 5.88.